The van der Waals surface area contributed by atoms with Crippen molar-refractivity contribution in [2.24, 2.45) is 5.73 Å². The van der Waals surface area contributed by atoms with Crippen LogP contribution in [0.2, 0.25) is 0 Å². The maximum Gasteiger partial charge on any atom is 0.472 e. The second kappa shape index (κ2) is 40.7. The Labute approximate surface area is 350 Å². The Balaban J connectivity index is 4.48. The van der Waals surface area contributed by atoms with E-state index in [0.29, 0.717) is 19.3 Å². The van der Waals surface area contributed by atoms with Crippen LogP contribution in [0.4, 0.5) is 0 Å². The number of nitrogens with two attached hydrogens (primary N) is 1. The van der Waals surface area contributed by atoms with Gasteiger partial charge in [-0.15, -0.1) is 6.58 Å². The van der Waals surface area contributed by atoms with Crippen molar-refractivity contribution < 1.29 is 47.5 Å². The number of rotatable bonds is 41. The summed E-state index contributed by atoms with van der Waals surface area (Å²) in [6.45, 7) is 4.21. The van der Waals surface area contributed by atoms with Crippen molar-refractivity contribution in [3.8, 4) is 0 Å². The molecule has 0 bridgehead atoms. The molecule has 0 aromatic heterocycles. The highest BCUT2D eigenvalue weighted by Crippen LogP contribution is 2.43. The summed E-state index contributed by atoms with van der Waals surface area (Å²) in [7, 11) is -4.74. The van der Waals surface area contributed by atoms with E-state index in [2.05, 4.69) is 66.6 Å². The number of carbonyl (C=O) groups is 3. The summed E-state index contributed by atoms with van der Waals surface area (Å²) in [6, 6.07) is -1.54. The number of ether oxygens (including phenoxy) is 2. The third-order valence-corrected chi connectivity index (χ3v) is 10.0. The van der Waals surface area contributed by atoms with E-state index in [4.69, 9.17) is 24.8 Å². The lowest BCUT2D eigenvalue weighted by Crippen LogP contribution is -2.34. The molecule has 332 valence electrons. The summed E-state index contributed by atoms with van der Waals surface area (Å²) in [4.78, 5) is 45.9. The number of esters is 2. The number of carbonyl (C=O) groups excluding carboxylic acids is 2. The SMILES string of the molecule is C=CCCCCCCCCCCCCCCCC(=O)OC[C@H](COP(=O)(O)OC[C@H](N)C(=O)O)OC(=O)CC/C=C/C/C=C/C/C=C/C/C=C/C/C=C/CCCCC. The highest BCUT2D eigenvalue weighted by molar-refractivity contribution is 7.47. The molecular weight excluding hydrogens is 757 g/mol. The molecule has 11 nitrogen and oxygen atoms in total. The maximum atomic E-state index is 12.6. The number of phosphoric acid groups is 1. The fourth-order valence-electron chi connectivity index (χ4n) is 5.62. The number of unbranched alkanes of at least 4 members (excludes halogenated alkanes) is 16. The Bertz CT molecular complexity index is 1240. The summed E-state index contributed by atoms with van der Waals surface area (Å²) >= 11 is 0. The van der Waals surface area contributed by atoms with Crippen molar-refractivity contribution in [1.29, 1.82) is 0 Å². The van der Waals surface area contributed by atoms with Gasteiger partial charge in [-0.2, -0.15) is 0 Å². The predicted octanol–water partition coefficient (Wildman–Crippen LogP) is 11.7. The normalized spacial score (nSPS) is 14.2. The van der Waals surface area contributed by atoms with Gasteiger partial charge >= 0.3 is 25.7 Å². The van der Waals surface area contributed by atoms with Crippen molar-refractivity contribution in [2.75, 3.05) is 19.8 Å². The Morgan fingerprint density at radius 1 is 0.586 bits per heavy atom. The minimum Gasteiger partial charge on any atom is -0.480 e. The van der Waals surface area contributed by atoms with Crippen LogP contribution < -0.4 is 5.73 Å². The number of carboxylic acid groups (broad SMARTS) is 1. The Morgan fingerprint density at radius 3 is 1.53 bits per heavy atom. The standard InChI is InChI=1S/C46H78NO10P/c1-3-5-7-9-11-13-15-17-19-20-21-22-24-26-28-30-32-34-36-38-45(49)57-42(40-55-58(52,53)56-41-43(47)46(50)51)39-54-44(48)37-35-33-31-29-27-25-23-18-16-14-12-10-8-6-4-2/h4,11,13,17,19,21-22,26,28,32,34,42-43H,2-3,5-10,12,14-16,18,20,23-25,27,29-31,33,35-41,47H2,1H3,(H,50,51)(H,52,53)/b13-11+,19-17+,22-21+,28-26+,34-32+/t42-,43+/m1/s1. The van der Waals surface area contributed by atoms with Crippen LogP contribution in [-0.2, 0) is 37.5 Å². The van der Waals surface area contributed by atoms with Crippen LogP contribution in [0.1, 0.15) is 167 Å². The van der Waals surface area contributed by atoms with E-state index in [1.807, 2.05) is 18.2 Å². The molecule has 0 aliphatic carbocycles. The smallest absolute Gasteiger partial charge is 0.472 e. The van der Waals surface area contributed by atoms with Crippen LogP contribution >= 0.6 is 7.82 Å². The second-order valence-corrected chi connectivity index (χ2v) is 16.0. The van der Waals surface area contributed by atoms with E-state index in [9.17, 15) is 23.8 Å². The molecule has 58 heavy (non-hydrogen) atoms. The van der Waals surface area contributed by atoms with Gasteiger partial charge < -0.3 is 25.2 Å². The van der Waals surface area contributed by atoms with Crippen LogP contribution in [0.25, 0.3) is 0 Å². The van der Waals surface area contributed by atoms with Crippen molar-refractivity contribution in [1.82, 2.24) is 0 Å². The zero-order valence-corrected chi connectivity index (χ0v) is 36.6. The molecular formula is C46H78NO10P. The highest BCUT2D eigenvalue weighted by Gasteiger charge is 2.28. The number of allylic oxidation sites excluding steroid dienone is 11. The molecule has 3 atom stereocenters. The molecule has 12 heteroatoms. The highest BCUT2D eigenvalue weighted by atomic mass is 31.2. The summed E-state index contributed by atoms with van der Waals surface area (Å²) in [5.74, 6) is -2.49. The number of carboxylic acids is 1. The molecule has 0 aromatic carbocycles. The van der Waals surface area contributed by atoms with E-state index in [1.54, 1.807) is 0 Å². The van der Waals surface area contributed by atoms with E-state index in [0.717, 1.165) is 51.4 Å². The zero-order valence-electron chi connectivity index (χ0n) is 35.7. The van der Waals surface area contributed by atoms with E-state index in [-0.39, 0.29) is 19.4 Å². The van der Waals surface area contributed by atoms with Gasteiger partial charge in [-0.3, -0.25) is 23.4 Å². The fraction of sp³-hybridized carbons (Fsp3) is 0.674. The molecule has 0 aliphatic rings. The third-order valence-electron chi connectivity index (χ3n) is 9.09. The Hall–Kier alpha value is -3.08. The molecule has 0 aromatic rings. The molecule has 1 unspecified atom stereocenters. The van der Waals surface area contributed by atoms with Crippen LogP contribution in [0.5, 0.6) is 0 Å². The topological polar surface area (TPSA) is 172 Å². The first kappa shape index (κ1) is 54.9. The van der Waals surface area contributed by atoms with Crippen LogP contribution in [0.3, 0.4) is 0 Å². The van der Waals surface area contributed by atoms with Crippen molar-refractivity contribution in [2.45, 2.75) is 180 Å². The quantitative estimate of drug-likeness (QED) is 0.0232. The van der Waals surface area contributed by atoms with Gasteiger partial charge in [-0.1, -0.05) is 157 Å². The summed E-state index contributed by atoms with van der Waals surface area (Å²) < 4.78 is 32.6. The van der Waals surface area contributed by atoms with Gasteiger partial charge in [-0.25, -0.2) is 4.57 Å². The molecule has 4 N–H and O–H groups in total. The predicted molar refractivity (Wildman–Crippen MR) is 235 cm³/mol. The fourth-order valence-corrected chi connectivity index (χ4v) is 6.39. The minimum absolute atomic E-state index is 0.0345. The summed E-state index contributed by atoms with van der Waals surface area (Å²) in [5.41, 5.74) is 5.33. The van der Waals surface area contributed by atoms with Gasteiger partial charge in [0.15, 0.2) is 6.10 Å². The molecule has 0 saturated heterocycles. The lowest BCUT2D eigenvalue weighted by Gasteiger charge is -2.20. The molecule has 0 heterocycles. The third kappa shape index (κ3) is 39.7. The monoisotopic (exact) mass is 836 g/mol. The van der Waals surface area contributed by atoms with Gasteiger partial charge in [0, 0.05) is 12.8 Å². The van der Waals surface area contributed by atoms with E-state index in [1.165, 1.54) is 77.0 Å². The lowest BCUT2D eigenvalue weighted by atomic mass is 10.0. The molecule has 0 amide bonds. The number of phosphoric ester groups is 1. The minimum atomic E-state index is -4.74. The number of hydrogen-bond donors (Lipinski definition) is 3. The molecule has 0 rings (SSSR count). The number of hydrogen-bond acceptors (Lipinski definition) is 9. The molecule has 0 aliphatic heterocycles. The lowest BCUT2D eigenvalue weighted by molar-refractivity contribution is -0.161. The largest absolute Gasteiger partial charge is 0.480 e. The van der Waals surface area contributed by atoms with Crippen molar-refractivity contribution in [3.63, 3.8) is 0 Å². The molecule has 0 radical (unpaired) electrons. The average Bonchev–Trinajstić information content (AvgIpc) is 3.20. The first-order chi connectivity index (χ1) is 28.1. The maximum absolute atomic E-state index is 12.6. The zero-order chi connectivity index (χ0) is 42.8. The Kier molecular flexibility index (Phi) is 38.5. The molecule has 0 spiro atoms. The molecule has 0 fully saturated rings. The van der Waals surface area contributed by atoms with Gasteiger partial charge in [-0.05, 0) is 64.2 Å². The summed E-state index contributed by atoms with van der Waals surface area (Å²) in [5, 5.41) is 8.89. The van der Waals surface area contributed by atoms with Crippen molar-refractivity contribution >= 4 is 25.7 Å². The second-order valence-electron chi connectivity index (χ2n) is 14.6. The first-order valence-corrected chi connectivity index (χ1v) is 23.4. The number of aliphatic carboxylic acids is 1. The summed E-state index contributed by atoms with van der Waals surface area (Å²) in [6.07, 6.45) is 47.3. The Morgan fingerprint density at radius 2 is 1.03 bits per heavy atom. The van der Waals surface area contributed by atoms with Crippen molar-refractivity contribution in [3.05, 3.63) is 73.4 Å². The van der Waals surface area contributed by atoms with E-state index >= 15 is 0 Å². The van der Waals surface area contributed by atoms with Gasteiger partial charge in [0.05, 0.1) is 13.2 Å². The first-order valence-electron chi connectivity index (χ1n) is 21.9. The molecule has 0 saturated carbocycles. The van der Waals surface area contributed by atoms with E-state index < -0.39 is 51.1 Å². The van der Waals surface area contributed by atoms with Gasteiger partial charge in [0.1, 0.15) is 12.6 Å². The van der Waals surface area contributed by atoms with Gasteiger partial charge in [0.2, 0.25) is 0 Å². The van der Waals surface area contributed by atoms with Crippen LogP contribution in [-0.4, -0.2) is 59.9 Å². The average molecular weight is 836 g/mol. The van der Waals surface area contributed by atoms with Gasteiger partial charge in [0.25, 0.3) is 0 Å². The van der Waals surface area contributed by atoms with Crippen LogP contribution in [0.15, 0.2) is 73.4 Å². The van der Waals surface area contributed by atoms with Crippen LogP contribution in [0, 0.1) is 0 Å².